The zero-order valence-electron chi connectivity index (χ0n) is 11.8. The topological polar surface area (TPSA) is 58.5 Å². The van der Waals surface area contributed by atoms with E-state index in [-0.39, 0.29) is 5.91 Å². The van der Waals surface area contributed by atoms with E-state index in [1.165, 1.54) is 28.0 Å². The van der Waals surface area contributed by atoms with Gasteiger partial charge in [0.15, 0.2) is 5.17 Å². The Labute approximate surface area is 144 Å². The van der Waals surface area contributed by atoms with E-state index in [1.807, 2.05) is 37.3 Å². The Kier molecular flexibility index (Phi) is 4.42. The summed E-state index contributed by atoms with van der Waals surface area (Å²) in [6, 6.07) is 7.80. The molecule has 5 nitrogen and oxygen atoms in total. The summed E-state index contributed by atoms with van der Waals surface area (Å²) in [6.45, 7) is 1.87. The standard InChI is InChI=1S/C14H11BrN4OS2/c1-8-17-18-13(21-8)16-14-19(2)12(20)11(22-14)7-9-4-3-5-10(15)6-9/h3-7H,1-2H3/b11-7-,16-14+. The summed E-state index contributed by atoms with van der Waals surface area (Å²) in [4.78, 5) is 18.9. The number of aryl methyl sites for hydroxylation is 1. The maximum absolute atomic E-state index is 12.3. The van der Waals surface area contributed by atoms with E-state index in [4.69, 9.17) is 0 Å². The third-order valence-electron chi connectivity index (χ3n) is 2.86. The first kappa shape index (κ1) is 15.4. The highest BCUT2D eigenvalue weighted by Gasteiger charge is 2.30. The number of carbonyl (C=O) groups excluding carboxylic acids is 1. The zero-order valence-corrected chi connectivity index (χ0v) is 15.0. The molecule has 2 heterocycles. The van der Waals surface area contributed by atoms with Crippen molar-refractivity contribution in [1.29, 1.82) is 0 Å². The number of rotatable bonds is 2. The van der Waals surface area contributed by atoms with E-state index >= 15 is 0 Å². The van der Waals surface area contributed by atoms with Gasteiger partial charge in [-0.15, -0.1) is 10.2 Å². The first-order valence-corrected chi connectivity index (χ1v) is 8.77. The number of aromatic nitrogens is 2. The average Bonchev–Trinajstić information content (AvgIpc) is 2.99. The lowest BCUT2D eigenvalue weighted by Crippen LogP contribution is -2.23. The molecule has 3 rings (SSSR count). The van der Waals surface area contributed by atoms with E-state index in [0.29, 0.717) is 15.2 Å². The number of carbonyl (C=O) groups is 1. The molecule has 22 heavy (non-hydrogen) atoms. The number of thioether (sulfide) groups is 1. The Morgan fingerprint density at radius 2 is 2.18 bits per heavy atom. The fourth-order valence-electron chi connectivity index (χ4n) is 1.81. The Morgan fingerprint density at radius 1 is 1.36 bits per heavy atom. The van der Waals surface area contributed by atoms with Gasteiger partial charge in [0.2, 0.25) is 5.13 Å². The minimum Gasteiger partial charge on any atom is -0.289 e. The molecule has 0 bridgehead atoms. The smallest absolute Gasteiger partial charge is 0.266 e. The van der Waals surface area contributed by atoms with Crippen LogP contribution in [0.4, 0.5) is 5.13 Å². The largest absolute Gasteiger partial charge is 0.289 e. The normalized spacial score (nSPS) is 18.7. The molecule has 0 N–H and O–H groups in total. The van der Waals surface area contributed by atoms with Crippen molar-refractivity contribution in [2.75, 3.05) is 7.05 Å². The van der Waals surface area contributed by atoms with Gasteiger partial charge in [0.05, 0.1) is 4.91 Å². The summed E-state index contributed by atoms with van der Waals surface area (Å²) in [5, 5.41) is 9.91. The van der Waals surface area contributed by atoms with Crippen LogP contribution < -0.4 is 0 Å². The lowest BCUT2D eigenvalue weighted by atomic mass is 10.2. The average molecular weight is 395 g/mol. The molecule has 1 saturated heterocycles. The van der Waals surface area contributed by atoms with Gasteiger partial charge in [0.1, 0.15) is 5.01 Å². The van der Waals surface area contributed by atoms with E-state index < -0.39 is 0 Å². The van der Waals surface area contributed by atoms with Crippen LogP contribution in [0.3, 0.4) is 0 Å². The molecule has 1 fully saturated rings. The SMILES string of the molecule is Cc1nnc(/N=C2/S/C(=C\c3cccc(Br)c3)C(=O)N2C)s1. The molecule has 0 atom stereocenters. The second kappa shape index (κ2) is 6.31. The van der Waals surface area contributed by atoms with Crippen LogP contribution in [0.1, 0.15) is 10.6 Å². The molecule has 1 aliphatic rings. The van der Waals surface area contributed by atoms with Crippen molar-refractivity contribution in [2.24, 2.45) is 4.99 Å². The molecule has 1 aromatic carbocycles. The number of halogens is 1. The number of amides is 1. The fourth-order valence-corrected chi connectivity index (χ4v) is 3.81. The molecule has 1 amide bonds. The van der Waals surface area contributed by atoms with Gasteiger partial charge in [-0.25, -0.2) is 0 Å². The number of hydrogen-bond acceptors (Lipinski definition) is 6. The predicted molar refractivity (Wildman–Crippen MR) is 94.2 cm³/mol. The molecule has 0 spiro atoms. The summed E-state index contributed by atoms with van der Waals surface area (Å²) in [5.74, 6) is -0.0648. The summed E-state index contributed by atoms with van der Waals surface area (Å²) in [7, 11) is 1.71. The van der Waals surface area contributed by atoms with Crippen LogP contribution in [0, 0.1) is 6.92 Å². The molecule has 0 aliphatic carbocycles. The summed E-state index contributed by atoms with van der Waals surface area (Å²) in [6.07, 6.45) is 1.86. The molecule has 1 aromatic heterocycles. The van der Waals surface area contributed by atoms with Gasteiger partial charge in [-0.1, -0.05) is 39.4 Å². The lowest BCUT2D eigenvalue weighted by molar-refractivity contribution is -0.121. The third kappa shape index (κ3) is 3.29. The Hall–Kier alpha value is -1.51. The van der Waals surface area contributed by atoms with Crippen molar-refractivity contribution in [1.82, 2.24) is 15.1 Å². The second-order valence-electron chi connectivity index (χ2n) is 4.53. The van der Waals surface area contributed by atoms with E-state index in [0.717, 1.165) is 15.0 Å². The van der Waals surface area contributed by atoms with E-state index in [9.17, 15) is 4.79 Å². The summed E-state index contributed by atoms with van der Waals surface area (Å²) in [5.41, 5.74) is 0.964. The quantitative estimate of drug-likeness (QED) is 0.725. The van der Waals surface area contributed by atoms with Gasteiger partial charge < -0.3 is 0 Å². The molecular weight excluding hydrogens is 384 g/mol. The van der Waals surface area contributed by atoms with E-state index in [1.54, 1.807) is 7.05 Å². The van der Waals surface area contributed by atoms with Gasteiger partial charge in [-0.2, -0.15) is 4.99 Å². The zero-order chi connectivity index (χ0) is 15.7. The van der Waals surface area contributed by atoms with Gasteiger partial charge in [0, 0.05) is 11.5 Å². The van der Waals surface area contributed by atoms with Crippen molar-refractivity contribution in [3.05, 3.63) is 44.2 Å². The molecule has 8 heteroatoms. The number of likely N-dealkylation sites (N-methyl/N-ethyl adjacent to an activating group) is 1. The maximum Gasteiger partial charge on any atom is 0.266 e. The number of aliphatic imine (C=N–C) groups is 1. The first-order chi connectivity index (χ1) is 10.5. The molecular formula is C14H11BrN4OS2. The Bertz CT molecular complexity index is 800. The van der Waals surface area contributed by atoms with E-state index in [2.05, 4.69) is 31.1 Å². The van der Waals surface area contributed by atoms with Crippen LogP contribution in [0.15, 0.2) is 38.6 Å². The molecule has 112 valence electrons. The highest BCUT2D eigenvalue weighted by Crippen LogP contribution is 2.33. The molecule has 0 saturated carbocycles. The first-order valence-electron chi connectivity index (χ1n) is 6.35. The molecule has 0 unspecified atom stereocenters. The van der Waals surface area contributed by atoms with Gasteiger partial charge >= 0.3 is 0 Å². The minimum atomic E-state index is -0.0648. The number of nitrogens with zero attached hydrogens (tertiary/aromatic N) is 4. The highest BCUT2D eigenvalue weighted by molar-refractivity contribution is 9.10. The van der Waals surface area contributed by atoms with Crippen LogP contribution in [0.2, 0.25) is 0 Å². The number of amidine groups is 1. The van der Waals surface area contributed by atoms with Gasteiger partial charge in [-0.05, 0) is 42.5 Å². The van der Waals surface area contributed by atoms with Gasteiger partial charge in [0.25, 0.3) is 5.91 Å². The minimum absolute atomic E-state index is 0.0648. The summed E-state index contributed by atoms with van der Waals surface area (Å²) < 4.78 is 0.976. The highest BCUT2D eigenvalue weighted by atomic mass is 79.9. The molecule has 1 aliphatic heterocycles. The Balaban J connectivity index is 1.90. The van der Waals surface area contributed by atoms with Crippen molar-refractivity contribution in [3.63, 3.8) is 0 Å². The van der Waals surface area contributed by atoms with Crippen molar-refractivity contribution in [3.8, 4) is 0 Å². The fraction of sp³-hybridized carbons (Fsp3) is 0.143. The molecule has 2 aromatic rings. The third-order valence-corrected chi connectivity index (χ3v) is 5.14. The van der Waals surface area contributed by atoms with Crippen LogP contribution in [-0.4, -0.2) is 33.2 Å². The number of hydrogen-bond donors (Lipinski definition) is 0. The monoisotopic (exact) mass is 394 g/mol. The summed E-state index contributed by atoms with van der Waals surface area (Å²) >= 11 is 6.17. The van der Waals surface area contributed by atoms with Crippen molar-refractivity contribution in [2.45, 2.75) is 6.92 Å². The maximum atomic E-state index is 12.3. The lowest BCUT2D eigenvalue weighted by Gasteiger charge is -2.05. The van der Waals surface area contributed by atoms with Crippen LogP contribution in [0.5, 0.6) is 0 Å². The number of benzene rings is 1. The van der Waals surface area contributed by atoms with Crippen molar-refractivity contribution < 1.29 is 4.79 Å². The second-order valence-corrected chi connectivity index (χ2v) is 7.61. The van der Waals surface area contributed by atoms with Crippen LogP contribution >= 0.6 is 39.0 Å². The van der Waals surface area contributed by atoms with Crippen LogP contribution in [0.25, 0.3) is 6.08 Å². The van der Waals surface area contributed by atoms with Gasteiger partial charge in [-0.3, -0.25) is 9.69 Å². The van der Waals surface area contributed by atoms with Crippen LogP contribution in [-0.2, 0) is 4.79 Å². The van der Waals surface area contributed by atoms with Crippen molar-refractivity contribution >= 4 is 61.3 Å². The predicted octanol–water partition coefficient (Wildman–Crippen LogP) is 3.84. The Morgan fingerprint density at radius 3 is 2.86 bits per heavy atom. The molecule has 0 radical (unpaired) electrons.